The highest BCUT2D eigenvalue weighted by molar-refractivity contribution is 5.98. The van der Waals surface area contributed by atoms with Gasteiger partial charge in [0.2, 0.25) is 0 Å². The van der Waals surface area contributed by atoms with Gasteiger partial charge in [0, 0.05) is 24.4 Å². The average Bonchev–Trinajstić information content (AvgIpc) is 3.07. The van der Waals surface area contributed by atoms with Crippen LogP contribution in [0.4, 0.5) is 18.9 Å². The van der Waals surface area contributed by atoms with E-state index in [4.69, 9.17) is 0 Å². The van der Waals surface area contributed by atoms with Crippen LogP contribution in [0.3, 0.4) is 0 Å². The predicted octanol–water partition coefficient (Wildman–Crippen LogP) is 3.55. The Labute approximate surface area is 169 Å². The van der Waals surface area contributed by atoms with Crippen LogP contribution < -0.4 is 5.32 Å². The highest BCUT2D eigenvalue weighted by atomic mass is 19.4. The van der Waals surface area contributed by atoms with Gasteiger partial charge in [0.1, 0.15) is 5.75 Å². The highest BCUT2D eigenvalue weighted by Gasteiger charge is 2.39. The van der Waals surface area contributed by atoms with Crippen LogP contribution in [0, 0.1) is 0 Å². The van der Waals surface area contributed by atoms with E-state index >= 15 is 0 Å². The quantitative estimate of drug-likeness (QED) is 0.486. The first-order valence-electron chi connectivity index (χ1n) is 8.83. The lowest BCUT2D eigenvalue weighted by Crippen LogP contribution is -2.30. The first-order valence-corrected chi connectivity index (χ1v) is 8.83. The maximum atomic E-state index is 12.7. The lowest BCUT2D eigenvalue weighted by atomic mass is 9.97. The molecule has 0 unspecified atom stereocenters. The van der Waals surface area contributed by atoms with E-state index in [1.54, 1.807) is 47.5 Å². The summed E-state index contributed by atoms with van der Waals surface area (Å²) in [6, 6.07) is 7.91. The summed E-state index contributed by atoms with van der Waals surface area (Å²) in [6.45, 7) is 0. The third-order valence-corrected chi connectivity index (χ3v) is 4.58. The van der Waals surface area contributed by atoms with Crippen LogP contribution in [-0.2, 0) is 27.8 Å². The van der Waals surface area contributed by atoms with Crippen molar-refractivity contribution >= 4 is 28.5 Å². The van der Waals surface area contributed by atoms with E-state index in [1.807, 2.05) is 0 Å². The minimum atomic E-state index is -5.12. The van der Waals surface area contributed by atoms with Gasteiger partial charge in [-0.05, 0) is 41.8 Å². The van der Waals surface area contributed by atoms with E-state index in [0.29, 0.717) is 11.1 Å². The summed E-state index contributed by atoms with van der Waals surface area (Å²) in [4.78, 5) is 22.9. The van der Waals surface area contributed by atoms with Crippen molar-refractivity contribution in [1.82, 2.24) is 9.78 Å². The van der Waals surface area contributed by atoms with Crippen LogP contribution in [0.15, 0.2) is 36.5 Å². The van der Waals surface area contributed by atoms with Gasteiger partial charge in [0.05, 0.1) is 24.5 Å². The molecule has 0 atom stereocenters. The van der Waals surface area contributed by atoms with Crippen LogP contribution in [-0.4, -0.2) is 40.0 Å². The standard InChI is InChI=1S/C20H18F3N3O4/c1-26-16-5-4-12(9-13(16)10-24-26)14-7-11(3-6-17(27)30-2)8-15(18(14)28)25-19(29)20(21,22)23/h4-5,7-10,28H,3,6H2,1-2H3,(H,25,29). The Balaban J connectivity index is 2.07. The number of carbonyl (C=O) groups excluding carboxylic acids is 2. The fourth-order valence-electron chi connectivity index (χ4n) is 3.03. The molecule has 3 rings (SSSR count). The molecule has 0 aliphatic heterocycles. The minimum Gasteiger partial charge on any atom is -0.505 e. The van der Waals surface area contributed by atoms with Crippen LogP contribution in [0.25, 0.3) is 22.0 Å². The van der Waals surface area contributed by atoms with Crippen molar-refractivity contribution in [3.8, 4) is 16.9 Å². The summed E-state index contributed by atoms with van der Waals surface area (Å²) >= 11 is 0. The number of phenolic OH excluding ortho intramolecular Hbond substituents is 1. The zero-order valence-corrected chi connectivity index (χ0v) is 16.1. The van der Waals surface area contributed by atoms with E-state index in [2.05, 4.69) is 9.84 Å². The number of esters is 1. The van der Waals surface area contributed by atoms with Crippen molar-refractivity contribution in [2.75, 3.05) is 12.4 Å². The fourth-order valence-corrected chi connectivity index (χ4v) is 3.03. The minimum absolute atomic E-state index is 0.0188. The number of rotatable bonds is 5. The fraction of sp³-hybridized carbons (Fsp3) is 0.250. The van der Waals surface area contributed by atoms with E-state index in [-0.39, 0.29) is 18.4 Å². The van der Waals surface area contributed by atoms with Crippen molar-refractivity contribution in [3.63, 3.8) is 0 Å². The molecule has 0 saturated carbocycles. The smallest absolute Gasteiger partial charge is 0.471 e. The zero-order chi connectivity index (χ0) is 22.1. The molecule has 3 aromatic rings. The summed E-state index contributed by atoms with van der Waals surface area (Å²) in [5.41, 5.74) is 1.58. The number of aryl methyl sites for hydroxylation is 2. The number of methoxy groups -OCH3 is 1. The molecule has 1 heterocycles. The summed E-state index contributed by atoms with van der Waals surface area (Å²) in [5, 5.41) is 17.2. The Morgan fingerprint density at radius 2 is 1.97 bits per heavy atom. The van der Waals surface area contributed by atoms with Crippen molar-refractivity contribution in [2.24, 2.45) is 7.05 Å². The molecular formula is C20H18F3N3O4. The van der Waals surface area contributed by atoms with Gasteiger partial charge in [0.25, 0.3) is 0 Å². The van der Waals surface area contributed by atoms with Crippen LogP contribution in [0.2, 0.25) is 0 Å². The second kappa shape index (κ2) is 8.05. The first-order chi connectivity index (χ1) is 14.1. The summed E-state index contributed by atoms with van der Waals surface area (Å²) in [6.07, 6.45) is -3.38. The van der Waals surface area contributed by atoms with Gasteiger partial charge in [-0.3, -0.25) is 14.3 Å². The SMILES string of the molecule is COC(=O)CCc1cc(NC(=O)C(F)(F)F)c(O)c(-c2ccc3c(cnn3C)c2)c1. The van der Waals surface area contributed by atoms with Crippen molar-refractivity contribution in [1.29, 1.82) is 0 Å². The van der Waals surface area contributed by atoms with E-state index < -0.39 is 29.5 Å². The molecule has 0 bridgehead atoms. The van der Waals surface area contributed by atoms with Gasteiger partial charge in [-0.1, -0.05) is 6.07 Å². The maximum absolute atomic E-state index is 12.7. The van der Waals surface area contributed by atoms with E-state index in [1.165, 1.54) is 13.2 Å². The second-order valence-corrected chi connectivity index (χ2v) is 6.61. The van der Waals surface area contributed by atoms with Crippen LogP contribution in [0.1, 0.15) is 12.0 Å². The van der Waals surface area contributed by atoms with Crippen LogP contribution in [0.5, 0.6) is 5.75 Å². The Kier molecular flexibility index (Phi) is 5.68. The highest BCUT2D eigenvalue weighted by Crippen LogP contribution is 2.39. The molecule has 2 N–H and O–H groups in total. The van der Waals surface area contributed by atoms with Crippen molar-refractivity contribution < 1.29 is 32.6 Å². The lowest BCUT2D eigenvalue weighted by molar-refractivity contribution is -0.167. The number of phenols is 1. The van der Waals surface area contributed by atoms with Crippen LogP contribution >= 0.6 is 0 Å². The number of aromatic hydroxyl groups is 1. The van der Waals surface area contributed by atoms with Gasteiger partial charge in [-0.25, -0.2) is 0 Å². The number of nitrogens with one attached hydrogen (secondary N) is 1. The van der Waals surface area contributed by atoms with Gasteiger partial charge in [-0.2, -0.15) is 18.3 Å². The number of amides is 1. The maximum Gasteiger partial charge on any atom is 0.471 e. The summed E-state index contributed by atoms with van der Waals surface area (Å²) < 4.78 is 44.3. The number of hydrogen-bond acceptors (Lipinski definition) is 5. The van der Waals surface area contributed by atoms with E-state index in [9.17, 15) is 27.9 Å². The number of ether oxygens (including phenoxy) is 1. The topological polar surface area (TPSA) is 93.4 Å². The van der Waals surface area contributed by atoms with Crippen molar-refractivity contribution in [2.45, 2.75) is 19.0 Å². The molecule has 0 radical (unpaired) electrons. The number of carbonyl (C=O) groups is 2. The monoisotopic (exact) mass is 421 g/mol. The Morgan fingerprint density at radius 1 is 1.23 bits per heavy atom. The molecule has 1 aromatic heterocycles. The number of alkyl halides is 3. The molecule has 0 saturated heterocycles. The molecule has 0 spiro atoms. The summed E-state index contributed by atoms with van der Waals surface area (Å²) in [7, 11) is 2.99. The molecule has 158 valence electrons. The number of benzene rings is 2. The zero-order valence-electron chi connectivity index (χ0n) is 16.1. The molecule has 7 nitrogen and oxygen atoms in total. The molecule has 0 aliphatic rings. The Hall–Kier alpha value is -3.56. The van der Waals surface area contributed by atoms with Gasteiger partial charge >= 0.3 is 18.1 Å². The van der Waals surface area contributed by atoms with E-state index in [0.717, 1.165) is 10.9 Å². The molecule has 0 fully saturated rings. The number of fused-ring (bicyclic) bond motifs is 1. The third-order valence-electron chi connectivity index (χ3n) is 4.58. The normalized spacial score (nSPS) is 11.5. The van der Waals surface area contributed by atoms with Gasteiger partial charge in [0.15, 0.2) is 0 Å². The number of aromatic nitrogens is 2. The third kappa shape index (κ3) is 4.37. The molecule has 0 aliphatic carbocycles. The largest absolute Gasteiger partial charge is 0.505 e. The molecule has 10 heteroatoms. The first kappa shape index (κ1) is 21.2. The molecular weight excluding hydrogens is 403 g/mol. The Morgan fingerprint density at radius 3 is 2.63 bits per heavy atom. The number of anilines is 1. The number of nitrogens with zero attached hydrogens (tertiary/aromatic N) is 2. The molecule has 2 aromatic carbocycles. The number of hydrogen-bond donors (Lipinski definition) is 2. The molecule has 1 amide bonds. The Bertz CT molecular complexity index is 1120. The number of halogens is 3. The van der Waals surface area contributed by atoms with Crippen molar-refractivity contribution in [3.05, 3.63) is 42.1 Å². The predicted molar refractivity (Wildman–Crippen MR) is 103 cm³/mol. The van der Waals surface area contributed by atoms with Gasteiger partial charge in [-0.15, -0.1) is 0 Å². The lowest BCUT2D eigenvalue weighted by Gasteiger charge is -2.15. The molecule has 30 heavy (non-hydrogen) atoms. The second-order valence-electron chi connectivity index (χ2n) is 6.61. The van der Waals surface area contributed by atoms with Gasteiger partial charge < -0.3 is 15.2 Å². The summed E-state index contributed by atoms with van der Waals surface area (Å²) in [5.74, 6) is -3.23. The average molecular weight is 421 g/mol.